The SMILES string of the molecule is C=C(C(N)=O)c1cccc(OC2CCC(F)(F)CC2)c1. The van der Waals surface area contributed by atoms with Gasteiger partial charge in [0.05, 0.1) is 6.10 Å². The number of nitrogens with two attached hydrogens (primary N) is 1. The molecule has 1 amide bonds. The highest BCUT2D eigenvalue weighted by molar-refractivity contribution is 6.17. The van der Waals surface area contributed by atoms with Crippen LogP contribution >= 0.6 is 0 Å². The number of hydrogen-bond acceptors (Lipinski definition) is 2. The van der Waals surface area contributed by atoms with Crippen LogP contribution in [0.3, 0.4) is 0 Å². The van der Waals surface area contributed by atoms with Gasteiger partial charge in [-0.05, 0) is 30.5 Å². The molecule has 3 nitrogen and oxygen atoms in total. The number of benzene rings is 1. The van der Waals surface area contributed by atoms with Crippen LogP contribution in [0.15, 0.2) is 30.8 Å². The second-order valence-electron chi connectivity index (χ2n) is 5.04. The fourth-order valence-corrected chi connectivity index (χ4v) is 2.22. The van der Waals surface area contributed by atoms with E-state index in [0.29, 0.717) is 24.2 Å². The Hall–Kier alpha value is -1.91. The summed E-state index contributed by atoms with van der Waals surface area (Å²) in [6, 6.07) is 6.80. The summed E-state index contributed by atoms with van der Waals surface area (Å²) in [5.41, 5.74) is 5.95. The summed E-state index contributed by atoms with van der Waals surface area (Å²) in [5.74, 6) is -2.62. The number of carbonyl (C=O) groups is 1. The molecule has 0 unspecified atom stereocenters. The van der Waals surface area contributed by atoms with Gasteiger partial charge in [0.25, 0.3) is 0 Å². The minimum Gasteiger partial charge on any atom is -0.490 e. The van der Waals surface area contributed by atoms with Crippen LogP contribution in [0.25, 0.3) is 5.57 Å². The van der Waals surface area contributed by atoms with Gasteiger partial charge in [0.1, 0.15) is 5.75 Å². The summed E-state index contributed by atoms with van der Waals surface area (Å²) in [6.07, 6.45) is 0.144. The molecule has 5 heteroatoms. The zero-order valence-electron chi connectivity index (χ0n) is 11.1. The number of alkyl halides is 2. The van der Waals surface area contributed by atoms with Crippen molar-refractivity contribution in [2.45, 2.75) is 37.7 Å². The Morgan fingerprint density at radius 2 is 2.00 bits per heavy atom. The molecule has 0 aromatic heterocycles. The molecule has 20 heavy (non-hydrogen) atoms. The zero-order chi connectivity index (χ0) is 14.8. The second kappa shape index (κ2) is 5.61. The van der Waals surface area contributed by atoms with E-state index >= 15 is 0 Å². The van der Waals surface area contributed by atoms with Crippen LogP contribution in [0.4, 0.5) is 8.78 Å². The van der Waals surface area contributed by atoms with Gasteiger partial charge in [-0.15, -0.1) is 0 Å². The van der Waals surface area contributed by atoms with E-state index in [2.05, 4.69) is 6.58 Å². The average molecular weight is 281 g/mol. The summed E-state index contributed by atoms with van der Waals surface area (Å²) < 4.78 is 31.8. The minimum absolute atomic E-state index is 0.147. The Balaban J connectivity index is 2.02. The van der Waals surface area contributed by atoms with E-state index in [0.717, 1.165) is 0 Å². The first-order chi connectivity index (χ1) is 9.37. The van der Waals surface area contributed by atoms with Crippen LogP contribution < -0.4 is 10.5 Å². The Morgan fingerprint density at radius 3 is 2.60 bits per heavy atom. The van der Waals surface area contributed by atoms with E-state index in [1.807, 2.05) is 0 Å². The molecule has 2 N–H and O–H groups in total. The maximum atomic E-state index is 13.1. The lowest BCUT2D eigenvalue weighted by Crippen LogP contribution is -2.30. The number of ether oxygens (including phenoxy) is 1. The van der Waals surface area contributed by atoms with Crippen LogP contribution in [0.5, 0.6) is 5.75 Å². The predicted molar refractivity (Wildman–Crippen MR) is 72.5 cm³/mol. The van der Waals surface area contributed by atoms with Gasteiger partial charge in [-0.1, -0.05) is 18.7 Å². The van der Waals surface area contributed by atoms with E-state index in [1.54, 1.807) is 24.3 Å². The van der Waals surface area contributed by atoms with E-state index in [1.165, 1.54) is 0 Å². The van der Waals surface area contributed by atoms with E-state index in [4.69, 9.17) is 10.5 Å². The molecular weight excluding hydrogens is 264 g/mol. The number of halogens is 2. The first-order valence-corrected chi connectivity index (χ1v) is 6.51. The van der Waals surface area contributed by atoms with Gasteiger partial charge in [-0.25, -0.2) is 8.78 Å². The molecule has 2 rings (SSSR count). The van der Waals surface area contributed by atoms with Crippen molar-refractivity contribution in [3.63, 3.8) is 0 Å². The maximum absolute atomic E-state index is 13.1. The van der Waals surface area contributed by atoms with Crippen molar-refractivity contribution in [2.75, 3.05) is 0 Å². The molecule has 1 fully saturated rings. The first kappa shape index (κ1) is 14.5. The molecule has 0 radical (unpaired) electrons. The van der Waals surface area contributed by atoms with Crippen molar-refractivity contribution < 1.29 is 18.3 Å². The Bertz CT molecular complexity index is 518. The molecule has 1 aromatic carbocycles. The lowest BCUT2D eigenvalue weighted by atomic mass is 9.94. The smallest absolute Gasteiger partial charge is 0.248 e. The third-order valence-electron chi connectivity index (χ3n) is 3.45. The van der Waals surface area contributed by atoms with Crippen molar-refractivity contribution in [2.24, 2.45) is 5.73 Å². The third-order valence-corrected chi connectivity index (χ3v) is 3.45. The molecular formula is C15H17F2NO2. The van der Waals surface area contributed by atoms with Crippen LogP contribution in [0.1, 0.15) is 31.2 Å². The van der Waals surface area contributed by atoms with Crippen LogP contribution in [0, 0.1) is 0 Å². The number of primary amides is 1. The Morgan fingerprint density at radius 1 is 1.35 bits per heavy atom. The summed E-state index contributed by atoms with van der Waals surface area (Å²) in [5, 5.41) is 0. The van der Waals surface area contributed by atoms with Gasteiger partial charge < -0.3 is 10.5 Å². The van der Waals surface area contributed by atoms with E-state index < -0.39 is 11.8 Å². The molecule has 0 saturated heterocycles. The lowest BCUT2D eigenvalue weighted by Gasteiger charge is -2.28. The normalized spacial score (nSPS) is 18.5. The van der Waals surface area contributed by atoms with Crippen molar-refractivity contribution >= 4 is 11.5 Å². The fourth-order valence-electron chi connectivity index (χ4n) is 2.22. The van der Waals surface area contributed by atoms with Gasteiger partial charge in [0.15, 0.2) is 0 Å². The summed E-state index contributed by atoms with van der Waals surface area (Å²) in [7, 11) is 0. The molecule has 1 aliphatic rings. The van der Waals surface area contributed by atoms with Crippen molar-refractivity contribution in [3.05, 3.63) is 36.4 Å². The number of amides is 1. The highest BCUT2D eigenvalue weighted by Crippen LogP contribution is 2.35. The standard InChI is InChI=1S/C15H17F2NO2/c1-10(14(18)19)11-3-2-4-13(9-11)20-12-5-7-15(16,17)8-6-12/h2-4,9,12H,1,5-8H2,(H2,18,19). The van der Waals surface area contributed by atoms with Crippen molar-refractivity contribution in [1.29, 1.82) is 0 Å². The van der Waals surface area contributed by atoms with E-state index in [-0.39, 0.29) is 24.5 Å². The molecule has 1 aliphatic carbocycles. The summed E-state index contributed by atoms with van der Waals surface area (Å²) >= 11 is 0. The lowest BCUT2D eigenvalue weighted by molar-refractivity contribution is -0.112. The highest BCUT2D eigenvalue weighted by atomic mass is 19.3. The summed E-state index contributed by atoms with van der Waals surface area (Å²) in [6.45, 7) is 3.60. The molecule has 0 spiro atoms. The molecule has 1 saturated carbocycles. The summed E-state index contributed by atoms with van der Waals surface area (Å²) in [4.78, 5) is 11.1. The monoisotopic (exact) mass is 281 g/mol. The Labute approximate surface area is 116 Å². The van der Waals surface area contributed by atoms with Crippen molar-refractivity contribution in [1.82, 2.24) is 0 Å². The molecule has 0 aliphatic heterocycles. The highest BCUT2D eigenvalue weighted by Gasteiger charge is 2.35. The average Bonchev–Trinajstić information content (AvgIpc) is 2.40. The van der Waals surface area contributed by atoms with Crippen LogP contribution in [-0.4, -0.2) is 17.9 Å². The number of hydrogen-bond donors (Lipinski definition) is 1. The van der Waals surface area contributed by atoms with Gasteiger partial charge in [0.2, 0.25) is 11.8 Å². The topological polar surface area (TPSA) is 52.3 Å². The fraction of sp³-hybridized carbons (Fsp3) is 0.400. The van der Waals surface area contributed by atoms with Gasteiger partial charge >= 0.3 is 0 Å². The second-order valence-corrected chi connectivity index (χ2v) is 5.04. The molecule has 0 atom stereocenters. The van der Waals surface area contributed by atoms with E-state index in [9.17, 15) is 13.6 Å². The molecule has 1 aromatic rings. The quantitative estimate of drug-likeness (QED) is 0.862. The van der Waals surface area contributed by atoms with Crippen LogP contribution in [0.2, 0.25) is 0 Å². The number of rotatable bonds is 4. The first-order valence-electron chi connectivity index (χ1n) is 6.51. The van der Waals surface area contributed by atoms with Gasteiger partial charge in [-0.2, -0.15) is 0 Å². The van der Waals surface area contributed by atoms with Gasteiger partial charge in [0, 0.05) is 18.4 Å². The molecule has 0 heterocycles. The van der Waals surface area contributed by atoms with Crippen molar-refractivity contribution in [3.8, 4) is 5.75 Å². The molecule has 108 valence electrons. The molecule has 0 bridgehead atoms. The predicted octanol–water partition coefficient (Wildman–Crippen LogP) is 3.14. The van der Waals surface area contributed by atoms with Crippen LogP contribution in [-0.2, 0) is 4.79 Å². The largest absolute Gasteiger partial charge is 0.490 e. The number of carbonyl (C=O) groups excluding carboxylic acids is 1. The third kappa shape index (κ3) is 3.56. The Kier molecular flexibility index (Phi) is 4.06. The maximum Gasteiger partial charge on any atom is 0.248 e. The van der Waals surface area contributed by atoms with Gasteiger partial charge in [-0.3, -0.25) is 4.79 Å². The zero-order valence-corrected chi connectivity index (χ0v) is 11.1. The minimum atomic E-state index is -2.57.